The van der Waals surface area contributed by atoms with Gasteiger partial charge in [0.25, 0.3) is 5.91 Å². The first-order valence-corrected chi connectivity index (χ1v) is 7.21. The van der Waals surface area contributed by atoms with E-state index in [1.807, 2.05) is 12.1 Å². The molecule has 1 N–H and O–H groups in total. The molecule has 8 heteroatoms. The number of hydrogen-bond donors (Lipinski definition) is 1. The fraction of sp³-hybridized carbons (Fsp3) is 0.333. The van der Waals surface area contributed by atoms with E-state index in [0.717, 1.165) is 0 Å². The molecular formula is C15H16N4O4. The molecule has 1 aromatic heterocycles. The first-order chi connectivity index (χ1) is 11.1. The van der Waals surface area contributed by atoms with Gasteiger partial charge in [-0.05, 0) is 12.1 Å². The van der Waals surface area contributed by atoms with Gasteiger partial charge in [-0.15, -0.1) is 0 Å². The summed E-state index contributed by atoms with van der Waals surface area (Å²) in [5.74, 6) is 1.16. The van der Waals surface area contributed by atoms with E-state index in [1.54, 1.807) is 24.0 Å². The number of amides is 2. The van der Waals surface area contributed by atoms with Crippen molar-refractivity contribution < 1.29 is 18.8 Å². The van der Waals surface area contributed by atoms with Crippen molar-refractivity contribution in [1.82, 2.24) is 15.5 Å². The molecule has 0 saturated heterocycles. The highest BCUT2D eigenvalue weighted by Crippen LogP contribution is 2.31. The number of hydrogen-bond acceptors (Lipinski definition) is 6. The van der Waals surface area contributed by atoms with Crippen LogP contribution in [-0.2, 0) is 16.1 Å². The molecule has 8 nitrogen and oxygen atoms in total. The number of nitrogens with one attached hydrogen (secondary N) is 1. The van der Waals surface area contributed by atoms with Gasteiger partial charge < -0.3 is 19.5 Å². The van der Waals surface area contributed by atoms with Crippen molar-refractivity contribution in [1.29, 1.82) is 0 Å². The minimum atomic E-state index is -0.191. The summed E-state index contributed by atoms with van der Waals surface area (Å²) >= 11 is 0. The van der Waals surface area contributed by atoms with Gasteiger partial charge in [-0.2, -0.15) is 4.98 Å². The summed E-state index contributed by atoms with van der Waals surface area (Å²) in [6.07, 6.45) is 0.177. The van der Waals surface area contributed by atoms with Crippen LogP contribution >= 0.6 is 0 Å². The first kappa shape index (κ1) is 15.0. The molecule has 2 aromatic rings. The summed E-state index contributed by atoms with van der Waals surface area (Å²) in [5, 5.41) is 6.40. The maximum Gasteiger partial charge on any atom is 0.265 e. The van der Waals surface area contributed by atoms with Crippen molar-refractivity contribution in [3.8, 4) is 5.75 Å². The third-order valence-corrected chi connectivity index (χ3v) is 3.38. The number of fused-ring (bicyclic) bond motifs is 1. The van der Waals surface area contributed by atoms with Gasteiger partial charge in [-0.25, -0.2) is 0 Å². The fourth-order valence-corrected chi connectivity index (χ4v) is 2.29. The van der Waals surface area contributed by atoms with Gasteiger partial charge in [0.05, 0.1) is 12.2 Å². The van der Waals surface area contributed by atoms with E-state index in [9.17, 15) is 9.59 Å². The van der Waals surface area contributed by atoms with Crippen LogP contribution in [0.2, 0.25) is 0 Å². The zero-order valence-corrected chi connectivity index (χ0v) is 12.6. The minimum absolute atomic E-state index is 0.0131. The van der Waals surface area contributed by atoms with Crippen LogP contribution in [0.1, 0.15) is 18.1 Å². The highest BCUT2D eigenvalue weighted by molar-refractivity contribution is 5.98. The second kappa shape index (κ2) is 6.47. The van der Waals surface area contributed by atoms with Crippen molar-refractivity contribution in [3.63, 3.8) is 0 Å². The smallest absolute Gasteiger partial charge is 0.265 e. The third kappa shape index (κ3) is 3.47. The second-order valence-electron chi connectivity index (χ2n) is 5.06. The van der Waals surface area contributed by atoms with Crippen LogP contribution in [0, 0.1) is 6.92 Å². The van der Waals surface area contributed by atoms with Crippen LogP contribution in [0.15, 0.2) is 28.8 Å². The standard InChI is InChI=1S/C15H16N4O4/c1-10-17-13(18-23-10)8-16-14(20)6-7-19-11-4-2-3-5-12(11)22-9-15(19)21/h2-5H,6-9H2,1H3,(H,16,20). The Morgan fingerprint density at radius 3 is 3.00 bits per heavy atom. The molecule has 2 amide bonds. The van der Waals surface area contributed by atoms with Gasteiger partial charge in [0.15, 0.2) is 12.4 Å². The molecule has 1 aromatic carbocycles. The SMILES string of the molecule is Cc1nc(CNC(=O)CCN2C(=O)COc3ccccc32)no1. The van der Waals surface area contributed by atoms with Crippen molar-refractivity contribution in [2.24, 2.45) is 0 Å². The Morgan fingerprint density at radius 1 is 1.39 bits per heavy atom. The average molecular weight is 316 g/mol. The number of aromatic nitrogens is 2. The number of benzene rings is 1. The number of nitrogens with zero attached hydrogens (tertiary/aromatic N) is 3. The molecule has 0 unspecified atom stereocenters. The van der Waals surface area contributed by atoms with Gasteiger partial charge in [-0.3, -0.25) is 9.59 Å². The zero-order valence-electron chi connectivity index (χ0n) is 12.6. The van der Waals surface area contributed by atoms with E-state index < -0.39 is 0 Å². The van der Waals surface area contributed by atoms with Gasteiger partial charge in [0.1, 0.15) is 5.75 Å². The summed E-state index contributed by atoms with van der Waals surface area (Å²) in [6.45, 7) is 2.15. The number of carbonyl (C=O) groups excluding carboxylic acids is 2. The first-order valence-electron chi connectivity index (χ1n) is 7.21. The van der Waals surface area contributed by atoms with Gasteiger partial charge in [-0.1, -0.05) is 17.3 Å². The second-order valence-corrected chi connectivity index (χ2v) is 5.06. The Labute approximate surface area is 132 Å². The maximum atomic E-state index is 12.0. The lowest BCUT2D eigenvalue weighted by Gasteiger charge is -2.29. The fourth-order valence-electron chi connectivity index (χ4n) is 2.29. The maximum absolute atomic E-state index is 12.0. The summed E-state index contributed by atoms with van der Waals surface area (Å²) < 4.78 is 10.2. The molecule has 0 bridgehead atoms. The van der Waals surface area contributed by atoms with Crippen LogP contribution in [0.5, 0.6) is 5.75 Å². The van der Waals surface area contributed by atoms with E-state index >= 15 is 0 Å². The van der Waals surface area contributed by atoms with E-state index in [-0.39, 0.29) is 37.9 Å². The normalized spacial score (nSPS) is 13.4. The van der Waals surface area contributed by atoms with Gasteiger partial charge in [0.2, 0.25) is 11.8 Å². The van der Waals surface area contributed by atoms with E-state index in [0.29, 0.717) is 23.2 Å². The topological polar surface area (TPSA) is 97.6 Å². The highest BCUT2D eigenvalue weighted by atomic mass is 16.5. The molecule has 0 radical (unpaired) electrons. The van der Waals surface area contributed by atoms with Crippen LogP contribution in [-0.4, -0.2) is 35.1 Å². The van der Waals surface area contributed by atoms with Gasteiger partial charge >= 0.3 is 0 Å². The predicted molar refractivity (Wildman–Crippen MR) is 79.8 cm³/mol. The molecular weight excluding hydrogens is 300 g/mol. The molecule has 0 saturated carbocycles. The van der Waals surface area contributed by atoms with Crippen molar-refractivity contribution in [3.05, 3.63) is 36.0 Å². The number of para-hydroxylation sites is 2. The largest absolute Gasteiger partial charge is 0.482 e. The van der Waals surface area contributed by atoms with Crippen molar-refractivity contribution >= 4 is 17.5 Å². The Kier molecular flexibility index (Phi) is 4.22. The van der Waals surface area contributed by atoms with Crippen LogP contribution in [0.4, 0.5) is 5.69 Å². The van der Waals surface area contributed by atoms with Crippen LogP contribution in [0.25, 0.3) is 0 Å². The Hall–Kier alpha value is -2.90. The quantitative estimate of drug-likeness (QED) is 0.876. The third-order valence-electron chi connectivity index (χ3n) is 3.38. The molecule has 1 aliphatic rings. The Balaban J connectivity index is 1.55. The minimum Gasteiger partial charge on any atom is -0.482 e. The number of carbonyl (C=O) groups is 2. The molecule has 0 spiro atoms. The number of rotatable bonds is 5. The molecule has 3 rings (SSSR count). The molecule has 2 heterocycles. The molecule has 0 fully saturated rings. The predicted octanol–water partition coefficient (Wildman–Crippen LogP) is 0.810. The van der Waals surface area contributed by atoms with Crippen molar-refractivity contribution in [2.45, 2.75) is 19.9 Å². The summed E-state index contributed by atoms with van der Waals surface area (Å²) in [7, 11) is 0. The van der Waals surface area contributed by atoms with Crippen LogP contribution < -0.4 is 15.0 Å². The van der Waals surface area contributed by atoms with Crippen LogP contribution in [0.3, 0.4) is 0 Å². The average Bonchev–Trinajstić information content (AvgIpc) is 2.97. The zero-order chi connectivity index (χ0) is 16.2. The Bertz CT molecular complexity index is 728. The summed E-state index contributed by atoms with van der Waals surface area (Å²) in [5.41, 5.74) is 0.686. The molecule has 0 aliphatic carbocycles. The highest BCUT2D eigenvalue weighted by Gasteiger charge is 2.25. The van der Waals surface area contributed by atoms with E-state index in [1.165, 1.54) is 0 Å². The van der Waals surface area contributed by atoms with E-state index in [2.05, 4.69) is 15.5 Å². The number of anilines is 1. The Morgan fingerprint density at radius 2 is 2.22 bits per heavy atom. The van der Waals surface area contributed by atoms with Gasteiger partial charge in [0, 0.05) is 19.9 Å². The molecule has 1 aliphatic heterocycles. The molecule has 23 heavy (non-hydrogen) atoms. The summed E-state index contributed by atoms with van der Waals surface area (Å²) in [6, 6.07) is 7.26. The molecule has 120 valence electrons. The monoisotopic (exact) mass is 316 g/mol. The number of aryl methyl sites for hydroxylation is 1. The number of ether oxygens (including phenoxy) is 1. The van der Waals surface area contributed by atoms with Crippen molar-refractivity contribution in [2.75, 3.05) is 18.1 Å². The lowest BCUT2D eigenvalue weighted by Crippen LogP contribution is -2.41. The molecule has 0 atom stereocenters. The van der Waals surface area contributed by atoms with E-state index in [4.69, 9.17) is 9.26 Å². The lowest BCUT2D eigenvalue weighted by molar-refractivity contribution is -0.122. The summed E-state index contributed by atoms with van der Waals surface area (Å²) in [4.78, 5) is 29.5. The lowest BCUT2D eigenvalue weighted by atomic mass is 10.2.